The van der Waals surface area contributed by atoms with Gasteiger partial charge in [0.1, 0.15) is 5.65 Å². The molecule has 0 spiro atoms. The quantitative estimate of drug-likeness (QED) is 0.785. The summed E-state index contributed by atoms with van der Waals surface area (Å²) >= 11 is 0. The molecular weight excluding hydrogens is 245 g/mol. The zero-order valence-electron chi connectivity index (χ0n) is 10.1. The molecule has 0 saturated heterocycles. The first kappa shape index (κ1) is 11.7. The molecule has 0 amide bonds. The summed E-state index contributed by atoms with van der Waals surface area (Å²) in [4.78, 5) is 4.14. The maximum atomic E-state index is 13.8. The number of fused-ring (bicyclic) bond motifs is 1. The molecule has 0 saturated carbocycles. The molecule has 0 atom stereocenters. The highest BCUT2D eigenvalue weighted by molar-refractivity contribution is 5.43. The molecule has 0 radical (unpaired) electrons. The summed E-state index contributed by atoms with van der Waals surface area (Å²) in [5, 5.41) is 0. The Kier molecular flexibility index (Phi) is 2.89. The van der Waals surface area contributed by atoms with Gasteiger partial charge < -0.3 is 10.5 Å². The van der Waals surface area contributed by atoms with E-state index in [1.165, 1.54) is 6.07 Å². The van der Waals surface area contributed by atoms with E-state index in [0.29, 0.717) is 12.4 Å². The van der Waals surface area contributed by atoms with Gasteiger partial charge in [0.2, 0.25) is 5.88 Å². The van der Waals surface area contributed by atoms with E-state index in [1.54, 1.807) is 35.0 Å². The second-order valence-corrected chi connectivity index (χ2v) is 4.09. The Morgan fingerprint density at radius 2 is 2.16 bits per heavy atom. The van der Waals surface area contributed by atoms with E-state index < -0.39 is 5.82 Å². The molecule has 2 heterocycles. The van der Waals surface area contributed by atoms with Crippen molar-refractivity contribution in [1.29, 1.82) is 0 Å². The topological polar surface area (TPSA) is 52.5 Å². The summed E-state index contributed by atoms with van der Waals surface area (Å²) < 4.78 is 21.2. The molecule has 0 bridgehead atoms. The van der Waals surface area contributed by atoms with Gasteiger partial charge in [0, 0.05) is 18.9 Å². The number of nitrogens with zero attached hydrogens (tertiary/aromatic N) is 2. The van der Waals surface area contributed by atoms with Crippen molar-refractivity contribution in [3.8, 4) is 11.6 Å². The van der Waals surface area contributed by atoms with Gasteiger partial charge in [0.25, 0.3) is 0 Å². The Labute approximate surface area is 109 Å². The monoisotopic (exact) mass is 257 g/mol. The normalized spacial score (nSPS) is 10.8. The fraction of sp³-hybridized carbons (Fsp3) is 0.0714. The summed E-state index contributed by atoms with van der Waals surface area (Å²) in [5.41, 5.74) is 6.94. The standard InChI is InChI=1S/C14H12FN3O/c15-11-8-10(9-16)4-5-12(11)19-14-3-1-2-13-17-6-7-18(13)14/h1-8H,9,16H2. The third-order valence-corrected chi connectivity index (χ3v) is 2.84. The summed E-state index contributed by atoms with van der Waals surface area (Å²) in [6.45, 7) is 0.300. The van der Waals surface area contributed by atoms with Crippen LogP contribution in [0.4, 0.5) is 4.39 Å². The van der Waals surface area contributed by atoms with E-state index in [2.05, 4.69) is 4.98 Å². The van der Waals surface area contributed by atoms with Crippen molar-refractivity contribution in [2.24, 2.45) is 5.73 Å². The molecule has 96 valence electrons. The molecule has 2 aromatic heterocycles. The van der Waals surface area contributed by atoms with Crippen LogP contribution in [0.15, 0.2) is 48.8 Å². The minimum Gasteiger partial charge on any atom is -0.437 e. The number of rotatable bonds is 3. The van der Waals surface area contributed by atoms with E-state index in [9.17, 15) is 4.39 Å². The van der Waals surface area contributed by atoms with E-state index >= 15 is 0 Å². The first-order valence-corrected chi connectivity index (χ1v) is 5.86. The second-order valence-electron chi connectivity index (χ2n) is 4.09. The molecule has 3 rings (SSSR count). The van der Waals surface area contributed by atoms with Crippen LogP contribution in [0.5, 0.6) is 11.6 Å². The van der Waals surface area contributed by atoms with Crippen LogP contribution in [-0.4, -0.2) is 9.38 Å². The first-order valence-electron chi connectivity index (χ1n) is 5.86. The zero-order valence-corrected chi connectivity index (χ0v) is 10.1. The molecule has 19 heavy (non-hydrogen) atoms. The van der Waals surface area contributed by atoms with Crippen molar-refractivity contribution in [1.82, 2.24) is 9.38 Å². The van der Waals surface area contributed by atoms with E-state index in [1.807, 2.05) is 12.1 Å². The third-order valence-electron chi connectivity index (χ3n) is 2.84. The molecule has 0 aliphatic rings. The molecular formula is C14H12FN3O. The number of benzene rings is 1. The highest BCUT2D eigenvalue weighted by Gasteiger charge is 2.08. The lowest BCUT2D eigenvalue weighted by atomic mass is 10.2. The van der Waals surface area contributed by atoms with E-state index in [0.717, 1.165) is 11.2 Å². The molecule has 3 aromatic rings. The number of hydrogen-bond acceptors (Lipinski definition) is 3. The predicted octanol–water partition coefficient (Wildman–Crippen LogP) is 2.72. The van der Waals surface area contributed by atoms with Crippen molar-refractivity contribution >= 4 is 5.65 Å². The number of imidazole rings is 1. The molecule has 0 aliphatic carbocycles. The average Bonchev–Trinajstić information content (AvgIpc) is 2.90. The van der Waals surface area contributed by atoms with Gasteiger partial charge in [-0.15, -0.1) is 0 Å². The van der Waals surface area contributed by atoms with Crippen molar-refractivity contribution < 1.29 is 9.13 Å². The Balaban J connectivity index is 1.99. The average molecular weight is 257 g/mol. The zero-order chi connectivity index (χ0) is 13.2. The van der Waals surface area contributed by atoms with Crippen LogP contribution in [0.2, 0.25) is 0 Å². The van der Waals surface area contributed by atoms with Crippen LogP contribution in [0.1, 0.15) is 5.56 Å². The number of ether oxygens (including phenoxy) is 1. The highest BCUT2D eigenvalue weighted by atomic mass is 19.1. The van der Waals surface area contributed by atoms with Crippen molar-refractivity contribution in [2.75, 3.05) is 0 Å². The van der Waals surface area contributed by atoms with Crippen LogP contribution in [0.25, 0.3) is 5.65 Å². The van der Waals surface area contributed by atoms with Gasteiger partial charge >= 0.3 is 0 Å². The van der Waals surface area contributed by atoms with Gasteiger partial charge in [-0.2, -0.15) is 0 Å². The van der Waals surface area contributed by atoms with Gasteiger partial charge in [-0.25, -0.2) is 9.37 Å². The van der Waals surface area contributed by atoms with Gasteiger partial charge in [-0.3, -0.25) is 4.40 Å². The molecule has 4 nitrogen and oxygen atoms in total. The second kappa shape index (κ2) is 4.70. The highest BCUT2D eigenvalue weighted by Crippen LogP contribution is 2.25. The summed E-state index contributed by atoms with van der Waals surface area (Å²) in [7, 11) is 0. The van der Waals surface area contributed by atoms with Gasteiger partial charge in [-0.05, 0) is 29.8 Å². The van der Waals surface area contributed by atoms with Crippen molar-refractivity contribution in [3.63, 3.8) is 0 Å². The third kappa shape index (κ3) is 2.15. The Morgan fingerprint density at radius 3 is 2.95 bits per heavy atom. The van der Waals surface area contributed by atoms with Crippen LogP contribution >= 0.6 is 0 Å². The molecule has 0 unspecified atom stereocenters. The Morgan fingerprint density at radius 1 is 1.26 bits per heavy atom. The van der Waals surface area contributed by atoms with E-state index in [4.69, 9.17) is 10.5 Å². The van der Waals surface area contributed by atoms with Crippen LogP contribution in [-0.2, 0) is 6.54 Å². The van der Waals surface area contributed by atoms with Gasteiger partial charge in [0.15, 0.2) is 11.6 Å². The molecule has 0 aliphatic heterocycles. The number of aromatic nitrogens is 2. The fourth-order valence-electron chi connectivity index (χ4n) is 1.87. The lowest BCUT2D eigenvalue weighted by Crippen LogP contribution is -1.99. The maximum Gasteiger partial charge on any atom is 0.205 e. The lowest BCUT2D eigenvalue weighted by Gasteiger charge is -2.09. The number of pyridine rings is 1. The Hall–Kier alpha value is -2.40. The lowest BCUT2D eigenvalue weighted by molar-refractivity contribution is 0.422. The Bertz CT molecular complexity index is 724. The van der Waals surface area contributed by atoms with Gasteiger partial charge in [-0.1, -0.05) is 12.1 Å². The summed E-state index contributed by atoms with van der Waals surface area (Å²) in [6.07, 6.45) is 3.42. The summed E-state index contributed by atoms with van der Waals surface area (Å²) in [5.74, 6) is 0.243. The molecule has 5 heteroatoms. The van der Waals surface area contributed by atoms with Crippen LogP contribution < -0.4 is 10.5 Å². The van der Waals surface area contributed by atoms with E-state index in [-0.39, 0.29) is 5.75 Å². The number of hydrogen-bond donors (Lipinski definition) is 1. The largest absolute Gasteiger partial charge is 0.437 e. The van der Waals surface area contributed by atoms with Crippen molar-refractivity contribution in [2.45, 2.75) is 6.54 Å². The first-order chi connectivity index (χ1) is 9.28. The number of nitrogens with two attached hydrogens (primary N) is 1. The maximum absolute atomic E-state index is 13.8. The van der Waals surface area contributed by atoms with Crippen LogP contribution in [0, 0.1) is 5.82 Å². The minimum atomic E-state index is -0.430. The van der Waals surface area contributed by atoms with Crippen molar-refractivity contribution in [3.05, 3.63) is 60.2 Å². The fourth-order valence-corrected chi connectivity index (χ4v) is 1.87. The molecule has 0 fully saturated rings. The predicted molar refractivity (Wildman–Crippen MR) is 69.6 cm³/mol. The number of halogens is 1. The SMILES string of the molecule is NCc1ccc(Oc2cccc3nccn23)c(F)c1. The molecule has 2 N–H and O–H groups in total. The van der Waals surface area contributed by atoms with Crippen LogP contribution in [0.3, 0.4) is 0 Å². The molecule has 1 aromatic carbocycles. The minimum absolute atomic E-state index is 0.165. The van der Waals surface area contributed by atoms with Gasteiger partial charge in [0.05, 0.1) is 0 Å². The summed E-state index contributed by atoms with van der Waals surface area (Å²) in [6, 6.07) is 10.1. The smallest absolute Gasteiger partial charge is 0.205 e.